The van der Waals surface area contributed by atoms with Crippen LogP contribution in [-0.4, -0.2) is 38.5 Å². The number of carbonyl (C=O) groups is 1. The number of benzene rings is 1. The number of thioether (sulfide) groups is 1. The summed E-state index contributed by atoms with van der Waals surface area (Å²) in [7, 11) is 0. The summed E-state index contributed by atoms with van der Waals surface area (Å²) < 4.78 is 6.41. The molecule has 0 N–H and O–H groups in total. The molecule has 0 aliphatic heterocycles. The van der Waals surface area contributed by atoms with E-state index in [1.807, 2.05) is 31.2 Å². The molecule has 0 saturated heterocycles. The van der Waals surface area contributed by atoms with Crippen molar-refractivity contribution in [1.82, 2.24) is 20.2 Å². The van der Waals surface area contributed by atoms with Gasteiger partial charge in [-0.15, -0.1) is 5.10 Å². The Kier molecular flexibility index (Phi) is 5.35. The lowest BCUT2D eigenvalue weighted by Gasteiger charge is -2.05. The van der Waals surface area contributed by atoms with Crippen LogP contribution < -0.4 is 0 Å². The number of nitrogens with zero attached hydrogens (tertiary/aromatic N) is 4. The lowest BCUT2D eigenvalue weighted by Crippen LogP contribution is -2.01. The van der Waals surface area contributed by atoms with Crippen molar-refractivity contribution in [3.8, 4) is 17.5 Å². The predicted octanol–water partition coefficient (Wildman–Crippen LogP) is 1.63. The SMILES string of the molecule is CC(=O)OCC#CCSc1nnnn1-c1ccccc1C. The Morgan fingerprint density at radius 1 is 1.38 bits per heavy atom. The summed E-state index contributed by atoms with van der Waals surface area (Å²) >= 11 is 1.43. The Morgan fingerprint density at radius 3 is 2.95 bits per heavy atom. The summed E-state index contributed by atoms with van der Waals surface area (Å²) in [6, 6.07) is 7.88. The number of carbonyl (C=O) groups excluding carboxylic acids is 1. The van der Waals surface area contributed by atoms with E-state index in [9.17, 15) is 4.79 Å². The highest BCUT2D eigenvalue weighted by Gasteiger charge is 2.09. The van der Waals surface area contributed by atoms with E-state index in [4.69, 9.17) is 4.74 Å². The average Bonchev–Trinajstić information content (AvgIpc) is 2.91. The molecule has 0 fully saturated rings. The number of rotatable bonds is 4. The molecule has 2 rings (SSSR count). The van der Waals surface area contributed by atoms with Crippen LogP contribution in [0, 0.1) is 18.8 Å². The lowest BCUT2D eigenvalue weighted by molar-refractivity contribution is -0.139. The zero-order valence-electron chi connectivity index (χ0n) is 11.7. The smallest absolute Gasteiger partial charge is 0.303 e. The first-order valence-corrected chi connectivity index (χ1v) is 7.23. The van der Waals surface area contributed by atoms with Crippen molar-refractivity contribution in [2.45, 2.75) is 19.0 Å². The normalized spacial score (nSPS) is 9.81. The van der Waals surface area contributed by atoms with Crippen molar-refractivity contribution >= 4 is 17.7 Å². The molecule has 7 heteroatoms. The van der Waals surface area contributed by atoms with Gasteiger partial charge in [0, 0.05) is 6.92 Å². The molecular formula is C14H14N4O2S. The zero-order chi connectivity index (χ0) is 15.1. The third-order valence-electron chi connectivity index (χ3n) is 2.53. The van der Waals surface area contributed by atoms with Gasteiger partial charge in [-0.1, -0.05) is 41.8 Å². The topological polar surface area (TPSA) is 69.9 Å². The second-order valence-corrected chi connectivity index (χ2v) is 5.02. The average molecular weight is 302 g/mol. The molecule has 21 heavy (non-hydrogen) atoms. The first-order valence-electron chi connectivity index (χ1n) is 6.25. The quantitative estimate of drug-likeness (QED) is 0.486. The van der Waals surface area contributed by atoms with Gasteiger partial charge in [-0.25, -0.2) is 0 Å². The van der Waals surface area contributed by atoms with Crippen molar-refractivity contribution < 1.29 is 9.53 Å². The number of aryl methyl sites for hydroxylation is 1. The Balaban J connectivity index is 1.98. The van der Waals surface area contributed by atoms with Crippen LogP contribution in [0.4, 0.5) is 0 Å². The largest absolute Gasteiger partial charge is 0.453 e. The molecule has 0 bridgehead atoms. The Hall–Kier alpha value is -2.33. The third kappa shape index (κ3) is 4.33. The second kappa shape index (κ2) is 7.45. The zero-order valence-corrected chi connectivity index (χ0v) is 12.6. The van der Waals surface area contributed by atoms with Crippen LogP contribution in [-0.2, 0) is 9.53 Å². The number of aromatic nitrogens is 4. The molecule has 0 aliphatic carbocycles. The van der Waals surface area contributed by atoms with Crippen LogP contribution in [0.25, 0.3) is 5.69 Å². The van der Waals surface area contributed by atoms with E-state index in [0.717, 1.165) is 11.3 Å². The van der Waals surface area contributed by atoms with E-state index in [-0.39, 0.29) is 12.6 Å². The number of esters is 1. The van der Waals surface area contributed by atoms with Gasteiger partial charge in [-0.05, 0) is 29.0 Å². The summed E-state index contributed by atoms with van der Waals surface area (Å²) in [5, 5.41) is 12.4. The van der Waals surface area contributed by atoms with Crippen LogP contribution in [0.1, 0.15) is 12.5 Å². The monoisotopic (exact) mass is 302 g/mol. The summed E-state index contributed by atoms with van der Waals surface area (Å²) in [5.41, 5.74) is 2.03. The molecule has 0 atom stereocenters. The summed E-state index contributed by atoms with van der Waals surface area (Å²) in [6.07, 6.45) is 0. The van der Waals surface area contributed by atoms with Crippen molar-refractivity contribution in [3.63, 3.8) is 0 Å². The number of hydrogen-bond acceptors (Lipinski definition) is 6. The second-order valence-electron chi connectivity index (χ2n) is 4.08. The molecule has 108 valence electrons. The molecule has 0 saturated carbocycles. The van der Waals surface area contributed by atoms with Crippen LogP contribution in [0.5, 0.6) is 0 Å². The molecular weight excluding hydrogens is 288 g/mol. The highest BCUT2D eigenvalue weighted by molar-refractivity contribution is 7.99. The number of hydrogen-bond donors (Lipinski definition) is 0. The van der Waals surface area contributed by atoms with Crippen molar-refractivity contribution in [3.05, 3.63) is 29.8 Å². The van der Waals surface area contributed by atoms with Crippen molar-refractivity contribution in [2.75, 3.05) is 12.4 Å². The fraction of sp³-hybridized carbons (Fsp3) is 0.286. The predicted molar refractivity (Wildman–Crippen MR) is 79.0 cm³/mol. The Morgan fingerprint density at radius 2 is 2.19 bits per heavy atom. The van der Waals surface area contributed by atoms with Gasteiger partial charge in [0.15, 0.2) is 6.61 Å². The third-order valence-corrected chi connectivity index (χ3v) is 3.33. The van der Waals surface area contributed by atoms with Crippen LogP contribution >= 0.6 is 11.8 Å². The van der Waals surface area contributed by atoms with Gasteiger partial charge in [0.2, 0.25) is 5.16 Å². The van der Waals surface area contributed by atoms with E-state index in [0.29, 0.717) is 10.9 Å². The van der Waals surface area contributed by atoms with Gasteiger partial charge < -0.3 is 4.74 Å². The van der Waals surface area contributed by atoms with E-state index in [1.54, 1.807) is 4.68 Å². The highest BCUT2D eigenvalue weighted by atomic mass is 32.2. The minimum atomic E-state index is -0.333. The van der Waals surface area contributed by atoms with Gasteiger partial charge in [0.25, 0.3) is 0 Å². The first-order chi connectivity index (χ1) is 10.2. The van der Waals surface area contributed by atoms with E-state index in [2.05, 4.69) is 27.4 Å². The van der Waals surface area contributed by atoms with E-state index < -0.39 is 0 Å². The summed E-state index contributed by atoms with van der Waals surface area (Å²) in [5.74, 6) is 5.85. The Bertz CT molecular complexity index is 688. The van der Waals surface area contributed by atoms with E-state index in [1.165, 1.54) is 18.7 Å². The van der Waals surface area contributed by atoms with Crippen molar-refractivity contribution in [1.29, 1.82) is 0 Å². The van der Waals surface area contributed by atoms with Crippen LogP contribution in [0.3, 0.4) is 0 Å². The van der Waals surface area contributed by atoms with Gasteiger partial charge in [0.05, 0.1) is 11.4 Å². The minimum Gasteiger partial charge on any atom is -0.453 e. The van der Waals surface area contributed by atoms with Gasteiger partial charge in [-0.2, -0.15) is 4.68 Å². The van der Waals surface area contributed by atoms with Gasteiger partial charge >= 0.3 is 5.97 Å². The maximum Gasteiger partial charge on any atom is 0.303 e. The van der Waals surface area contributed by atoms with Crippen LogP contribution in [0.15, 0.2) is 29.4 Å². The lowest BCUT2D eigenvalue weighted by atomic mass is 10.2. The van der Waals surface area contributed by atoms with Crippen molar-refractivity contribution in [2.24, 2.45) is 0 Å². The fourth-order valence-corrected chi connectivity index (χ4v) is 2.22. The first kappa shape index (κ1) is 15.1. The molecule has 6 nitrogen and oxygen atoms in total. The molecule has 0 spiro atoms. The fourth-order valence-electron chi connectivity index (χ4n) is 1.56. The number of para-hydroxylation sites is 1. The summed E-state index contributed by atoms with van der Waals surface area (Å²) in [4.78, 5) is 10.6. The van der Waals surface area contributed by atoms with Crippen LogP contribution in [0.2, 0.25) is 0 Å². The molecule has 0 amide bonds. The standard InChI is InChI=1S/C14H14N4O2S/c1-11-7-3-4-8-13(11)18-14(15-16-17-18)21-10-6-5-9-20-12(2)19/h3-4,7-8H,9-10H2,1-2H3. The number of ether oxygens (including phenoxy) is 1. The number of tetrazole rings is 1. The van der Waals surface area contributed by atoms with Gasteiger partial charge in [-0.3, -0.25) is 4.79 Å². The molecule has 1 aromatic carbocycles. The molecule has 0 radical (unpaired) electrons. The maximum atomic E-state index is 10.6. The Labute approximate surface area is 126 Å². The molecule has 2 aromatic rings. The van der Waals surface area contributed by atoms with Gasteiger partial charge in [0.1, 0.15) is 0 Å². The minimum absolute atomic E-state index is 0.110. The molecule has 1 heterocycles. The molecule has 0 aliphatic rings. The molecule has 1 aromatic heterocycles. The van der Waals surface area contributed by atoms with E-state index >= 15 is 0 Å². The summed E-state index contributed by atoms with van der Waals surface area (Å²) in [6.45, 7) is 3.47. The molecule has 0 unspecified atom stereocenters. The maximum absolute atomic E-state index is 10.6. The highest BCUT2D eigenvalue weighted by Crippen LogP contribution is 2.19.